The summed E-state index contributed by atoms with van der Waals surface area (Å²) in [5, 5.41) is 4.01. The number of amides is 1. The van der Waals surface area contributed by atoms with E-state index in [9.17, 15) is 13.2 Å². The van der Waals surface area contributed by atoms with Gasteiger partial charge in [0.05, 0.1) is 4.90 Å². The molecule has 0 unspecified atom stereocenters. The maximum absolute atomic E-state index is 12.2. The molecule has 0 aliphatic rings. The Morgan fingerprint density at radius 1 is 1.04 bits per heavy atom. The molecule has 3 aromatic rings. The molecule has 0 saturated carbocycles. The predicted octanol–water partition coefficient (Wildman–Crippen LogP) is 2.88. The van der Waals surface area contributed by atoms with E-state index >= 15 is 0 Å². The molecule has 0 aliphatic heterocycles. The van der Waals surface area contributed by atoms with Gasteiger partial charge < -0.3 is 9.73 Å². The fourth-order valence-corrected chi connectivity index (χ4v) is 3.27. The number of sulfonamides is 1. The van der Waals surface area contributed by atoms with Crippen LogP contribution < -0.4 is 15.6 Å². The third-order valence-corrected chi connectivity index (χ3v) is 4.81. The van der Waals surface area contributed by atoms with Crippen LogP contribution >= 0.6 is 0 Å². The minimum Gasteiger partial charge on any atom is -0.451 e. The zero-order valence-corrected chi connectivity index (χ0v) is 15.1. The van der Waals surface area contributed by atoms with Gasteiger partial charge in [-0.1, -0.05) is 18.2 Å². The smallest absolute Gasteiger partial charge is 0.301 e. The largest absolute Gasteiger partial charge is 0.451 e. The predicted molar refractivity (Wildman–Crippen MR) is 99.2 cm³/mol. The summed E-state index contributed by atoms with van der Waals surface area (Å²) in [6.45, 7) is 4.05. The van der Waals surface area contributed by atoms with E-state index in [1.165, 1.54) is 12.1 Å². The summed E-state index contributed by atoms with van der Waals surface area (Å²) in [7, 11) is -3.85. The molecule has 26 heavy (non-hydrogen) atoms. The Bertz CT molecular complexity index is 1030. The molecule has 3 rings (SSSR count). The Balaban J connectivity index is 1.73. The average molecular weight is 373 g/mol. The van der Waals surface area contributed by atoms with Crippen molar-refractivity contribution in [2.75, 3.05) is 5.32 Å². The molecule has 0 bridgehead atoms. The summed E-state index contributed by atoms with van der Waals surface area (Å²) >= 11 is 0. The molecule has 1 amide bonds. The third kappa shape index (κ3) is 4.04. The van der Waals surface area contributed by atoms with E-state index in [-0.39, 0.29) is 16.7 Å². The van der Waals surface area contributed by atoms with Crippen LogP contribution in [0.2, 0.25) is 0 Å². The van der Waals surface area contributed by atoms with Crippen molar-refractivity contribution in [3.63, 3.8) is 0 Å². The average Bonchev–Trinajstić information content (AvgIpc) is 3.03. The summed E-state index contributed by atoms with van der Waals surface area (Å²) in [5.74, 6) is -0.670. The number of hydrogen-bond donors (Lipinski definition) is 3. The molecule has 0 saturated heterocycles. The maximum Gasteiger partial charge on any atom is 0.301 e. The lowest BCUT2D eigenvalue weighted by Crippen LogP contribution is -2.41. The number of hydrogen-bond acceptors (Lipinski definition) is 5. The van der Waals surface area contributed by atoms with E-state index in [0.717, 1.165) is 11.1 Å². The van der Waals surface area contributed by atoms with E-state index in [1.807, 2.05) is 26.0 Å². The Morgan fingerprint density at radius 2 is 1.77 bits per heavy atom. The quantitative estimate of drug-likeness (QED) is 0.577. The fourth-order valence-electron chi connectivity index (χ4n) is 2.41. The first-order valence-corrected chi connectivity index (χ1v) is 9.51. The van der Waals surface area contributed by atoms with E-state index in [1.54, 1.807) is 30.3 Å². The van der Waals surface area contributed by atoms with Crippen LogP contribution in [0.5, 0.6) is 0 Å². The second-order valence-corrected chi connectivity index (χ2v) is 7.72. The highest BCUT2D eigenvalue weighted by molar-refractivity contribution is 7.89. The van der Waals surface area contributed by atoms with Crippen LogP contribution in [0.3, 0.4) is 0 Å². The zero-order chi connectivity index (χ0) is 18.7. The number of fused-ring (bicyclic) bond motifs is 1. The van der Waals surface area contributed by atoms with Crippen molar-refractivity contribution in [3.8, 4) is 0 Å². The van der Waals surface area contributed by atoms with Gasteiger partial charge in [0.2, 0.25) is 0 Å². The van der Waals surface area contributed by atoms with Crippen LogP contribution in [0, 0.1) is 0 Å². The lowest BCUT2D eigenvalue weighted by Gasteiger charge is -2.08. The number of rotatable bonds is 6. The molecule has 1 aromatic heterocycles. The van der Waals surface area contributed by atoms with Gasteiger partial charge in [0, 0.05) is 17.1 Å². The van der Waals surface area contributed by atoms with Gasteiger partial charge in [0.15, 0.2) is 5.76 Å². The van der Waals surface area contributed by atoms with Gasteiger partial charge in [0.25, 0.3) is 10.0 Å². The molecule has 7 nitrogen and oxygen atoms in total. The van der Waals surface area contributed by atoms with Crippen molar-refractivity contribution in [3.05, 3.63) is 60.4 Å². The number of furan rings is 1. The minimum atomic E-state index is -3.85. The molecule has 2 aromatic carbocycles. The number of benzene rings is 2. The molecule has 1 heterocycles. The van der Waals surface area contributed by atoms with Crippen LogP contribution in [-0.2, 0) is 10.0 Å². The minimum absolute atomic E-state index is 0.0115. The van der Waals surface area contributed by atoms with Crippen LogP contribution in [0.1, 0.15) is 24.4 Å². The van der Waals surface area contributed by atoms with Crippen molar-refractivity contribution >= 4 is 32.6 Å². The number of carbonyl (C=O) groups excluding carboxylic acids is 1. The van der Waals surface area contributed by atoms with Crippen LogP contribution in [0.15, 0.2) is 63.9 Å². The van der Waals surface area contributed by atoms with Gasteiger partial charge in [-0.05, 0) is 50.2 Å². The van der Waals surface area contributed by atoms with Crippen molar-refractivity contribution in [1.82, 2.24) is 10.3 Å². The molecule has 0 aliphatic carbocycles. The van der Waals surface area contributed by atoms with Crippen molar-refractivity contribution in [2.45, 2.75) is 24.8 Å². The van der Waals surface area contributed by atoms with Crippen molar-refractivity contribution in [2.24, 2.45) is 0 Å². The van der Waals surface area contributed by atoms with E-state index in [0.29, 0.717) is 5.58 Å². The van der Waals surface area contributed by atoms with E-state index in [2.05, 4.69) is 15.6 Å². The van der Waals surface area contributed by atoms with Crippen molar-refractivity contribution < 1.29 is 17.6 Å². The van der Waals surface area contributed by atoms with E-state index < -0.39 is 15.9 Å². The second-order valence-electron chi connectivity index (χ2n) is 6.03. The number of anilines is 1. The number of hydrazine groups is 1. The van der Waals surface area contributed by atoms with Gasteiger partial charge in [-0.2, -0.15) is 0 Å². The van der Waals surface area contributed by atoms with Crippen LogP contribution in [-0.4, -0.2) is 20.4 Å². The molecule has 136 valence electrons. The summed E-state index contributed by atoms with van der Waals surface area (Å²) < 4.78 is 29.7. The highest BCUT2D eigenvalue weighted by atomic mass is 32.2. The second kappa shape index (κ2) is 7.19. The first-order valence-electron chi connectivity index (χ1n) is 8.02. The van der Waals surface area contributed by atoms with Gasteiger partial charge in [-0.25, -0.2) is 8.42 Å². The van der Waals surface area contributed by atoms with Crippen molar-refractivity contribution in [1.29, 1.82) is 0 Å². The van der Waals surface area contributed by atoms with Crippen LogP contribution in [0.25, 0.3) is 11.0 Å². The highest BCUT2D eigenvalue weighted by Gasteiger charge is 2.17. The monoisotopic (exact) mass is 373 g/mol. The lowest BCUT2D eigenvalue weighted by atomic mass is 10.2. The Hall–Kier alpha value is -2.84. The molecule has 0 spiro atoms. The molecule has 8 heteroatoms. The summed E-state index contributed by atoms with van der Waals surface area (Å²) in [4.78, 5) is 14.3. The number of carbonyl (C=O) groups is 1. The first kappa shape index (κ1) is 18.0. The number of nitrogens with one attached hydrogen (secondary N) is 3. The van der Waals surface area contributed by atoms with Gasteiger partial charge in [-0.15, -0.1) is 4.83 Å². The summed E-state index contributed by atoms with van der Waals surface area (Å²) in [6.07, 6.45) is 0. The van der Waals surface area contributed by atoms with E-state index in [4.69, 9.17) is 4.42 Å². The van der Waals surface area contributed by atoms with Gasteiger partial charge >= 0.3 is 5.91 Å². The highest BCUT2D eigenvalue weighted by Crippen LogP contribution is 2.23. The molecule has 3 N–H and O–H groups in total. The topological polar surface area (TPSA) is 100 Å². The zero-order valence-electron chi connectivity index (χ0n) is 14.3. The SMILES string of the molecule is CC(C)Nc1ccc2oc(C(=O)NNS(=O)(=O)c3ccccc3)cc2c1. The fraction of sp³-hybridized carbons (Fsp3) is 0.167. The van der Waals surface area contributed by atoms with Gasteiger partial charge in [-0.3, -0.25) is 10.2 Å². The Kier molecular flexibility index (Phi) is 4.97. The summed E-state index contributed by atoms with van der Waals surface area (Å²) in [5.41, 5.74) is 3.60. The first-order chi connectivity index (χ1) is 12.3. The van der Waals surface area contributed by atoms with Gasteiger partial charge in [0.1, 0.15) is 5.58 Å². The standard InChI is InChI=1S/C18H19N3O4S/c1-12(2)19-14-8-9-16-13(10-14)11-17(25-16)18(22)20-21-26(23,24)15-6-4-3-5-7-15/h3-12,19,21H,1-2H3,(H,20,22). The Morgan fingerprint density at radius 3 is 2.46 bits per heavy atom. The lowest BCUT2D eigenvalue weighted by molar-refractivity contribution is 0.0919. The maximum atomic E-state index is 12.2. The summed E-state index contributed by atoms with van der Waals surface area (Å²) in [6, 6.07) is 15.1. The molecule has 0 fully saturated rings. The molecular formula is C18H19N3O4S. The molecule has 0 atom stereocenters. The third-order valence-electron chi connectivity index (χ3n) is 3.55. The normalized spacial score (nSPS) is 11.7. The molecular weight excluding hydrogens is 354 g/mol. The van der Waals surface area contributed by atoms with Crippen LogP contribution in [0.4, 0.5) is 5.69 Å². The molecule has 0 radical (unpaired) electrons. The Labute approximate surface area is 151 Å².